The van der Waals surface area contributed by atoms with Crippen molar-refractivity contribution in [1.29, 1.82) is 0 Å². The van der Waals surface area contributed by atoms with Crippen molar-refractivity contribution in [1.82, 2.24) is 29.7 Å². The number of fused-ring (bicyclic) bond motifs is 1. The van der Waals surface area contributed by atoms with Gasteiger partial charge in [-0.1, -0.05) is 23.7 Å². The highest BCUT2D eigenvalue weighted by Crippen LogP contribution is 2.32. The number of carbonyl (C=O) groups excluding carboxylic acids is 1. The molecule has 7 nitrogen and oxygen atoms in total. The second kappa shape index (κ2) is 8.51. The van der Waals surface area contributed by atoms with Gasteiger partial charge in [-0.15, -0.1) is 0 Å². The van der Waals surface area contributed by atoms with E-state index in [9.17, 15) is 18.0 Å². The predicted molar refractivity (Wildman–Crippen MR) is 117 cm³/mol. The lowest BCUT2D eigenvalue weighted by atomic mass is 10.0. The van der Waals surface area contributed by atoms with Crippen molar-refractivity contribution in [3.05, 3.63) is 69.8 Å². The van der Waals surface area contributed by atoms with E-state index in [1.54, 1.807) is 23.0 Å². The lowest BCUT2D eigenvalue weighted by Crippen LogP contribution is -2.24. The maximum Gasteiger partial charge on any atom is 0.433 e. The smallest absolute Gasteiger partial charge is 0.345 e. The van der Waals surface area contributed by atoms with E-state index >= 15 is 0 Å². The van der Waals surface area contributed by atoms with Gasteiger partial charge in [-0.3, -0.25) is 9.48 Å². The molecule has 4 rings (SSSR count). The molecule has 0 spiro atoms. The molecule has 172 valence electrons. The van der Waals surface area contributed by atoms with E-state index in [-0.39, 0.29) is 23.6 Å². The molecule has 0 atom stereocenters. The largest absolute Gasteiger partial charge is 0.433 e. The van der Waals surface area contributed by atoms with Crippen LogP contribution >= 0.6 is 11.6 Å². The molecular weight excluding hydrogens is 457 g/mol. The fraction of sp³-hybridized carbons (Fsp3) is 0.273. The van der Waals surface area contributed by atoms with Gasteiger partial charge in [-0.2, -0.15) is 23.4 Å². The highest BCUT2D eigenvalue weighted by molar-refractivity contribution is 6.31. The van der Waals surface area contributed by atoms with Crippen LogP contribution in [0.4, 0.5) is 13.2 Å². The molecule has 0 fully saturated rings. The van der Waals surface area contributed by atoms with Crippen LogP contribution in [0.1, 0.15) is 39.9 Å². The average Bonchev–Trinajstić information content (AvgIpc) is 3.35. The third kappa shape index (κ3) is 4.56. The minimum absolute atomic E-state index is 0.00594. The number of carbonyl (C=O) groups is 1. The summed E-state index contributed by atoms with van der Waals surface area (Å²) in [6, 6.07) is 7.47. The number of hydrogen-bond acceptors (Lipinski definition) is 4. The SMILES string of the molecule is CCn1cc(Cl)c(CNC(=O)c2cc3nc(-c4ccc(C)c(C)c4)cc(C(F)(F)F)n3n2)n1. The summed E-state index contributed by atoms with van der Waals surface area (Å²) in [4.78, 5) is 16.9. The maximum atomic E-state index is 13.8. The van der Waals surface area contributed by atoms with E-state index in [4.69, 9.17) is 11.6 Å². The highest BCUT2D eigenvalue weighted by Gasteiger charge is 2.35. The minimum Gasteiger partial charge on any atom is -0.345 e. The number of halogens is 4. The number of nitrogens with one attached hydrogen (secondary N) is 1. The monoisotopic (exact) mass is 476 g/mol. The molecule has 33 heavy (non-hydrogen) atoms. The van der Waals surface area contributed by atoms with Gasteiger partial charge in [0, 0.05) is 24.4 Å². The number of amides is 1. The number of aromatic nitrogens is 5. The van der Waals surface area contributed by atoms with Gasteiger partial charge in [0.1, 0.15) is 5.69 Å². The number of benzene rings is 1. The van der Waals surface area contributed by atoms with Crippen LogP contribution in [0.15, 0.2) is 36.5 Å². The summed E-state index contributed by atoms with van der Waals surface area (Å²) in [6.07, 6.45) is -3.07. The van der Waals surface area contributed by atoms with Crippen molar-refractivity contribution in [2.45, 2.75) is 40.0 Å². The zero-order valence-electron chi connectivity index (χ0n) is 18.0. The molecule has 1 N–H and O–H groups in total. The third-order valence-electron chi connectivity index (χ3n) is 5.28. The van der Waals surface area contributed by atoms with Crippen LogP contribution in [0.3, 0.4) is 0 Å². The Morgan fingerprint density at radius 3 is 2.52 bits per heavy atom. The molecule has 0 unspecified atom stereocenters. The quantitative estimate of drug-likeness (QED) is 0.447. The van der Waals surface area contributed by atoms with Crippen molar-refractivity contribution >= 4 is 23.2 Å². The summed E-state index contributed by atoms with van der Waals surface area (Å²) in [5, 5.41) is 11.1. The Labute approximate surface area is 192 Å². The van der Waals surface area contributed by atoms with Crippen molar-refractivity contribution in [2.75, 3.05) is 0 Å². The van der Waals surface area contributed by atoms with E-state index in [1.165, 1.54) is 6.07 Å². The Bertz CT molecular complexity index is 1360. The number of hydrogen-bond donors (Lipinski definition) is 1. The molecule has 11 heteroatoms. The van der Waals surface area contributed by atoms with Crippen LogP contribution in [0.25, 0.3) is 16.9 Å². The van der Waals surface area contributed by atoms with Gasteiger partial charge < -0.3 is 5.32 Å². The summed E-state index contributed by atoms with van der Waals surface area (Å²) in [6.45, 7) is 6.29. The Morgan fingerprint density at radius 1 is 1.12 bits per heavy atom. The first-order valence-electron chi connectivity index (χ1n) is 10.1. The molecule has 3 aromatic heterocycles. The summed E-state index contributed by atoms with van der Waals surface area (Å²) < 4.78 is 43.7. The van der Waals surface area contributed by atoms with Gasteiger partial charge in [0.05, 0.1) is 17.3 Å². The topological polar surface area (TPSA) is 77.1 Å². The first-order valence-corrected chi connectivity index (χ1v) is 10.5. The lowest BCUT2D eigenvalue weighted by Gasteiger charge is -2.11. The Morgan fingerprint density at radius 2 is 1.88 bits per heavy atom. The Balaban J connectivity index is 1.69. The second-order valence-corrected chi connectivity index (χ2v) is 7.99. The normalized spacial score (nSPS) is 11.8. The molecule has 0 bridgehead atoms. The number of rotatable bonds is 5. The zero-order chi connectivity index (χ0) is 23.9. The Kier molecular flexibility index (Phi) is 5.87. The average molecular weight is 477 g/mol. The van der Waals surface area contributed by atoms with Crippen LogP contribution in [0.5, 0.6) is 0 Å². The van der Waals surface area contributed by atoms with Crippen molar-refractivity contribution in [2.24, 2.45) is 0 Å². The summed E-state index contributed by atoms with van der Waals surface area (Å²) in [5.41, 5.74) is 1.77. The fourth-order valence-electron chi connectivity index (χ4n) is 3.31. The van der Waals surface area contributed by atoms with Crippen molar-refractivity contribution in [3.63, 3.8) is 0 Å². The molecule has 0 radical (unpaired) electrons. The molecule has 0 aliphatic carbocycles. The third-order valence-corrected chi connectivity index (χ3v) is 5.60. The second-order valence-electron chi connectivity index (χ2n) is 7.59. The molecule has 1 aromatic carbocycles. The standard InChI is InChI=1S/C22H20ClF3N6O/c1-4-31-11-15(23)18(29-31)10-27-21(33)17-9-20-28-16(14-6-5-12(2)13(3)7-14)8-19(22(24,25)26)32(20)30-17/h5-9,11H,4,10H2,1-3H3,(H,27,33). The molecule has 4 aromatic rings. The molecule has 0 aliphatic heterocycles. The van der Waals surface area contributed by atoms with E-state index in [1.807, 2.05) is 26.8 Å². The fourth-order valence-corrected chi connectivity index (χ4v) is 3.53. The van der Waals surface area contributed by atoms with E-state index in [2.05, 4.69) is 20.5 Å². The van der Waals surface area contributed by atoms with Crippen LogP contribution in [-0.4, -0.2) is 30.3 Å². The first kappa shape index (κ1) is 22.8. The predicted octanol–water partition coefficient (Wildman–Crippen LogP) is 4.83. The van der Waals surface area contributed by atoms with Crippen molar-refractivity contribution in [3.8, 4) is 11.3 Å². The molecule has 0 saturated carbocycles. The summed E-state index contributed by atoms with van der Waals surface area (Å²) in [5.74, 6) is -0.663. The van der Waals surface area contributed by atoms with Crippen LogP contribution in [-0.2, 0) is 19.3 Å². The van der Waals surface area contributed by atoms with Gasteiger partial charge in [-0.25, -0.2) is 9.50 Å². The maximum absolute atomic E-state index is 13.8. The van der Waals surface area contributed by atoms with Gasteiger partial charge in [-0.05, 0) is 44.0 Å². The number of aryl methyl sites for hydroxylation is 3. The molecule has 0 aliphatic rings. The van der Waals surface area contributed by atoms with E-state index < -0.39 is 17.8 Å². The number of alkyl halides is 3. The summed E-state index contributed by atoms with van der Waals surface area (Å²) >= 11 is 6.10. The molecule has 1 amide bonds. The minimum atomic E-state index is -4.70. The first-order chi connectivity index (χ1) is 15.6. The van der Waals surface area contributed by atoms with E-state index in [0.29, 0.717) is 27.3 Å². The summed E-state index contributed by atoms with van der Waals surface area (Å²) in [7, 11) is 0. The van der Waals surface area contributed by atoms with Gasteiger partial charge in [0.2, 0.25) is 0 Å². The van der Waals surface area contributed by atoms with Gasteiger partial charge in [0.15, 0.2) is 17.0 Å². The van der Waals surface area contributed by atoms with Crippen LogP contribution < -0.4 is 5.32 Å². The molecule has 0 saturated heterocycles. The zero-order valence-corrected chi connectivity index (χ0v) is 18.8. The highest BCUT2D eigenvalue weighted by atomic mass is 35.5. The van der Waals surface area contributed by atoms with Crippen LogP contribution in [0, 0.1) is 13.8 Å². The number of nitrogens with zero attached hydrogens (tertiary/aromatic N) is 5. The van der Waals surface area contributed by atoms with Gasteiger partial charge >= 0.3 is 6.18 Å². The Hall–Kier alpha value is -3.40. The van der Waals surface area contributed by atoms with Gasteiger partial charge in [0.25, 0.3) is 5.91 Å². The molecular formula is C22H20ClF3N6O. The van der Waals surface area contributed by atoms with E-state index in [0.717, 1.165) is 17.2 Å². The van der Waals surface area contributed by atoms with Crippen LogP contribution in [0.2, 0.25) is 5.02 Å². The lowest BCUT2D eigenvalue weighted by molar-refractivity contribution is -0.142. The molecule has 3 heterocycles. The van der Waals surface area contributed by atoms with Crippen molar-refractivity contribution < 1.29 is 18.0 Å².